The standard InChI is InChI=1S/C19H38/c1-18(2)16-14-12-10-8-6-5-7-9-11-13-15-17-19(3)4/h14,16,18-19H,5-13,15,17H2,1-4H3/b16-14-. The lowest BCUT2D eigenvalue weighted by Crippen LogP contribution is -1.87. The summed E-state index contributed by atoms with van der Waals surface area (Å²) in [4.78, 5) is 0. The predicted octanol–water partition coefficient (Wildman–Crippen LogP) is 7.15. The van der Waals surface area contributed by atoms with E-state index in [0.717, 1.165) is 11.8 Å². The van der Waals surface area contributed by atoms with E-state index in [9.17, 15) is 0 Å². The molecule has 0 aromatic rings. The maximum atomic E-state index is 2.36. The average Bonchev–Trinajstić information content (AvgIpc) is 2.34. The Morgan fingerprint density at radius 3 is 1.58 bits per heavy atom. The summed E-state index contributed by atoms with van der Waals surface area (Å²) in [6, 6.07) is 0. The van der Waals surface area contributed by atoms with Gasteiger partial charge in [-0.2, -0.15) is 0 Å². The minimum atomic E-state index is 0.718. The first-order chi connectivity index (χ1) is 9.13. The first-order valence-corrected chi connectivity index (χ1v) is 8.79. The molecule has 0 spiro atoms. The molecule has 19 heavy (non-hydrogen) atoms. The summed E-state index contributed by atoms with van der Waals surface area (Å²) in [6.07, 6.45) is 20.4. The molecule has 0 fully saturated rings. The van der Waals surface area contributed by atoms with Crippen LogP contribution in [-0.2, 0) is 0 Å². The van der Waals surface area contributed by atoms with Crippen molar-refractivity contribution in [3.05, 3.63) is 12.2 Å². The molecule has 0 aromatic carbocycles. The van der Waals surface area contributed by atoms with Crippen molar-refractivity contribution >= 4 is 0 Å². The molecule has 0 unspecified atom stereocenters. The Bertz CT molecular complexity index is 188. The largest absolute Gasteiger partial charge is 0.0883 e. The summed E-state index contributed by atoms with van der Waals surface area (Å²) in [5.74, 6) is 1.61. The maximum Gasteiger partial charge on any atom is -0.0290 e. The predicted molar refractivity (Wildman–Crippen MR) is 89.6 cm³/mol. The molecule has 0 aliphatic rings. The van der Waals surface area contributed by atoms with Crippen molar-refractivity contribution in [2.75, 3.05) is 0 Å². The monoisotopic (exact) mass is 266 g/mol. The Labute approximate surface area is 123 Å². The van der Waals surface area contributed by atoms with E-state index in [1.807, 2.05) is 0 Å². The van der Waals surface area contributed by atoms with Crippen molar-refractivity contribution in [1.82, 2.24) is 0 Å². The van der Waals surface area contributed by atoms with Gasteiger partial charge in [-0.15, -0.1) is 0 Å². The van der Waals surface area contributed by atoms with Crippen LogP contribution in [0.15, 0.2) is 12.2 Å². The highest BCUT2D eigenvalue weighted by molar-refractivity contribution is 4.83. The van der Waals surface area contributed by atoms with Gasteiger partial charge in [-0.3, -0.25) is 0 Å². The lowest BCUT2D eigenvalue weighted by Gasteiger charge is -2.04. The molecule has 114 valence electrons. The third kappa shape index (κ3) is 17.7. The number of unbranched alkanes of at least 4 members (excludes halogenated alkanes) is 9. The normalized spacial score (nSPS) is 12.1. The summed E-state index contributed by atoms with van der Waals surface area (Å²) in [6.45, 7) is 9.15. The first kappa shape index (κ1) is 18.7. The molecule has 0 rings (SSSR count). The molecule has 0 nitrogen and oxygen atoms in total. The molecule has 0 heterocycles. The Kier molecular flexibility index (Phi) is 14.0. The highest BCUT2D eigenvalue weighted by atomic mass is 14.0. The highest BCUT2D eigenvalue weighted by Gasteiger charge is 1.95. The second-order valence-electron chi connectivity index (χ2n) is 6.83. The van der Waals surface area contributed by atoms with E-state index in [0.29, 0.717) is 0 Å². The molecule has 0 radical (unpaired) electrons. The molecule has 0 aliphatic heterocycles. The van der Waals surface area contributed by atoms with Gasteiger partial charge in [-0.25, -0.2) is 0 Å². The smallest absolute Gasteiger partial charge is 0.0290 e. The minimum Gasteiger partial charge on any atom is -0.0883 e. The van der Waals surface area contributed by atoms with E-state index >= 15 is 0 Å². The third-order valence-electron chi connectivity index (χ3n) is 3.67. The SMILES string of the molecule is CC(C)/C=C\CCCCCCCCCCCC(C)C. The molecule has 0 aromatic heterocycles. The van der Waals surface area contributed by atoms with Gasteiger partial charge in [-0.05, 0) is 24.7 Å². The van der Waals surface area contributed by atoms with Crippen LogP contribution in [0.1, 0.15) is 98.3 Å². The van der Waals surface area contributed by atoms with E-state index < -0.39 is 0 Å². The third-order valence-corrected chi connectivity index (χ3v) is 3.67. The van der Waals surface area contributed by atoms with Gasteiger partial charge in [0.05, 0.1) is 0 Å². The maximum absolute atomic E-state index is 2.36. The van der Waals surface area contributed by atoms with Crippen LogP contribution in [0.2, 0.25) is 0 Å². The molecule has 0 atom stereocenters. The number of rotatable bonds is 13. The van der Waals surface area contributed by atoms with Gasteiger partial charge >= 0.3 is 0 Å². The van der Waals surface area contributed by atoms with Gasteiger partial charge in [0, 0.05) is 0 Å². The molecule has 0 saturated carbocycles. The van der Waals surface area contributed by atoms with Crippen molar-refractivity contribution < 1.29 is 0 Å². The van der Waals surface area contributed by atoms with Gasteiger partial charge in [0.1, 0.15) is 0 Å². The Hall–Kier alpha value is -0.260. The fourth-order valence-corrected chi connectivity index (χ4v) is 2.42. The molecule has 0 bridgehead atoms. The first-order valence-electron chi connectivity index (χ1n) is 8.79. The van der Waals surface area contributed by atoms with Crippen molar-refractivity contribution in [1.29, 1.82) is 0 Å². The summed E-state index contributed by atoms with van der Waals surface area (Å²) in [5.41, 5.74) is 0. The zero-order chi connectivity index (χ0) is 14.3. The lowest BCUT2D eigenvalue weighted by molar-refractivity contribution is 0.506. The zero-order valence-corrected chi connectivity index (χ0v) is 14.1. The van der Waals surface area contributed by atoms with Gasteiger partial charge in [0.25, 0.3) is 0 Å². The topological polar surface area (TPSA) is 0 Å². The van der Waals surface area contributed by atoms with E-state index in [2.05, 4.69) is 39.8 Å². The molecule has 0 N–H and O–H groups in total. The molecular weight excluding hydrogens is 228 g/mol. The van der Waals surface area contributed by atoms with E-state index in [1.54, 1.807) is 0 Å². The van der Waals surface area contributed by atoms with Crippen LogP contribution in [0.25, 0.3) is 0 Å². The summed E-state index contributed by atoms with van der Waals surface area (Å²) < 4.78 is 0. The number of hydrogen-bond acceptors (Lipinski definition) is 0. The van der Waals surface area contributed by atoms with E-state index in [4.69, 9.17) is 0 Å². The Morgan fingerprint density at radius 2 is 1.11 bits per heavy atom. The van der Waals surface area contributed by atoms with Crippen LogP contribution in [0.5, 0.6) is 0 Å². The van der Waals surface area contributed by atoms with Crippen molar-refractivity contribution in [3.8, 4) is 0 Å². The van der Waals surface area contributed by atoms with Crippen molar-refractivity contribution in [2.45, 2.75) is 98.3 Å². The summed E-state index contributed by atoms with van der Waals surface area (Å²) >= 11 is 0. The molecule has 0 amide bonds. The Morgan fingerprint density at radius 1 is 0.632 bits per heavy atom. The second kappa shape index (κ2) is 14.2. The van der Waals surface area contributed by atoms with Crippen LogP contribution < -0.4 is 0 Å². The van der Waals surface area contributed by atoms with Gasteiger partial charge in [-0.1, -0.05) is 97.6 Å². The van der Waals surface area contributed by atoms with E-state index in [1.165, 1.54) is 70.6 Å². The highest BCUT2D eigenvalue weighted by Crippen LogP contribution is 2.13. The summed E-state index contributed by atoms with van der Waals surface area (Å²) in [5, 5.41) is 0. The average molecular weight is 267 g/mol. The van der Waals surface area contributed by atoms with Crippen molar-refractivity contribution in [3.63, 3.8) is 0 Å². The lowest BCUT2D eigenvalue weighted by atomic mass is 10.0. The number of allylic oxidation sites excluding steroid dienone is 2. The van der Waals surface area contributed by atoms with Gasteiger partial charge in [0.15, 0.2) is 0 Å². The zero-order valence-electron chi connectivity index (χ0n) is 14.1. The second-order valence-corrected chi connectivity index (χ2v) is 6.83. The van der Waals surface area contributed by atoms with Gasteiger partial charge in [0.2, 0.25) is 0 Å². The van der Waals surface area contributed by atoms with Crippen LogP contribution in [-0.4, -0.2) is 0 Å². The molecular formula is C19H38. The molecule has 0 aliphatic carbocycles. The Balaban J connectivity index is 3.03. The van der Waals surface area contributed by atoms with E-state index in [-0.39, 0.29) is 0 Å². The van der Waals surface area contributed by atoms with Crippen LogP contribution >= 0.6 is 0 Å². The minimum absolute atomic E-state index is 0.718. The van der Waals surface area contributed by atoms with Crippen LogP contribution in [0.3, 0.4) is 0 Å². The molecule has 0 saturated heterocycles. The fraction of sp³-hybridized carbons (Fsp3) is 0.895. The van der Waals surface area contributed by atoms with Crippen LogP contribution in [0, 0.1) is 11.8 Å². The number of hydrogen-bond donors (Lipinski definition) is 0. The van der Waals surface area contributed by atoms with Crippen molar-refractivity contribution in [2.24, 2.45) is 11.8 Å². The quantitative estimate of drug-likeness (QED) is 0.245. The van der Waals surface area contributed by atoms with Crippen LogP contribution in [0.4, 0.5) is 0 Å². The fourth-order valence-electron chi connectivity index (χ4n) is 2.42. The molecule has 0 heteroatoms. The summed E-state index contributed by atoms with van der Waals surface area (Å²) in [7, 11) is 0. The van der Waals surface area contributed by atoms with Gasteiger partial charge < -0.3 is 0 Å².